The summed E-state index contributed by atoms with van der Waals surface area (Å²) in [5.41, 5.74) is 1.29. The maximum absolute atomic E-state index is 11.3. The maximum atomic E-state index is 11.3. The number of rotatable bonds is 1. The average Bonchev–Trinajstić information content (AvgIpc) is 2.36. The molecule has 1 N–H and O–H groups in total. The third-order valence-electron chi connectivity index (χ3n) is 2.90. The summed E-state index contributed by atoms with van der Waals surface area (Å²) in [5, 5.41) is 11.2. The fourth-order valence-electron chi connectivity index (χ4n) is 2.01. The number of aromatic hydroxyl groups is 1. The minimum Gasteiger partial charge on any atom is -0.506 e. The Kier molecular flexibility index (Phi) is 2.62. The van der Waals surface area contributed by atoms with E-state index >= 15 is 0 Å². The average molecular weight is 294 g/mol. The van der Waals surface area contributed by atoms with E-state index in [-0.39, 0.29) is 10.6 Å². The molecule has 19 heavy (non-hydrogen) atoms. The van der Waals surface area contributed by atoms with Gasteiger partial charge < -0.3 is 5.11 Å². The second-order valence-corrected chi connectivity index (χ2v) is 6.63. The Balaban J connectivity index is 2.46. The molecule has 4 nitrogen and oxygen atoms in total. The topological polar surface area (TPSA) is 67.3 Å². The van der Waals surface area contributed by atoms with E-state index in [0.717, 1.165) is 10.9 Å². The molecule has 0 atom stereocenters. The summed E-state index contributed by atoms with van der Waals surface area (Å²) in [6, 6.07) is 11.9. The predicted molar refractivity (Wildman–Crippen MR) is 74.0 cm³/mol. The zero-order valence-electron chi connectivity index (χ0n) is 9.54. The van der Waals surface area contributed by atoms with Crippen molar-refractivity contribution in [1.82, 2.24) is 4.98 Å². The van der Waals surface area contributed by atoms with Gasteiger partial charge in [0.25, 0.3) is 9.05 Å². The van der Waals surface area contributed by atoms with Crippen molar-refractivity contribution in [2.45, 2.75) is 4.90 Å². The van der Waals surface area contributed by atoms with Crippen molar-refractivity contribution in [3.63, 3.8) is 0 Å². The molecule has 6 heteroatoms. The van der Waals surface area contributed by atoms with Gasteiger partial charge in [0.1, 0.15) is 10.6 Å². The minimum absolute atomic E-state index is 0.307. The second kappa shape index (κ2) is 4.08. The lowest BCUT2D eigenvalue weighted by atomic mass is 10.1. The number of para-hydroxylation sites is 1. The van der Waals surface area contributed by atoms with Crippen molar-refractivity contribution in [3.8, 4) is 5.75 Å². The summed E-state index contributed by atoms with van der Waals surface area (Å²) < 4.78 is 22.7. The number of fused-ring (bicyclic) bond motifs is 2. The number of pyridine rings is 1. The molecule has 0 aliphatic rings. The molecular weight excluding hydrogens is 286 g/mol. The summed E-state index contributed by atoms with van der Waals surface area (Å²) in [4.78, 5) is 4.06. The van der Waals surface area contributed by atoms with Gasteiger partial charge >= 0.3 is 0 Å². The van der Waals surface area contributed by atoms with Gasteiger partial charge in [-0.3, -0.25) is 0 Å². The molecule has 0 saturated carbocycles. The highest BCUT2D eigenvalue weighted by molar-refractivity contribution is 8.13. The molecule has 0 saturated heterocycles. The molecule has 0 aliphatic heterocycles. The van der Waals surface area contributed by atoms with Crippen LogP contribution in [0.1, 0.15) is 0 Å². The molecule has 0 bridgehead atoms. The predicted octanol–water partition coefficient (Wildman–Crippen LogP) is 3.02. The van der Waals surface area contributed by atoms with E-state index in [4.69, 9.17) is 10.7 Å². The lowest BCUT2D eigenvalue weighted by Crippen LogP contribution is -1.93. The first-order chi connectivity index (χ1) is 8.97. The zero-order chi connectivity index (χ0) is 13.6. The Bertz CT molecular complexity index is 906. The Morgan fingerprint density at radius 3 is 2.53 bits per heavy atom. The first-order valence-corrected chi connectivity index (χ1v) is 7.74. The normalized spacial score (nSPS) is 12.1. The number of aromatic nitrogens is 1. The third kappa shape index (κ3) is 2.01. The molecule has 2 aromatic carbocycles. The van der Waals surface area contributed by atoms with Gasteiger partial charge in [-0.05, 0) is 24.3 Å². The summed E-state index contributed by atoms with van der Waals surface area (Å²) in [6.07, 6.45) is 0. The van der Waals surface area contributed by atoms with Crippen LogP contribution in [0.3, 0.4) is 0 Å². The van der Waals surface area contributed by atoms with Crippen LogP contribution in [0.4, 0.5) is 0 Å². The van der Waals surface area contributed by atoms with Crippen LogP contribution >= 0.6 is 10.7 Å². The summed E-state index contributed by atoms with van der Waals surface area (Å²) in [5.74, 6) is -0.370. The monoisotopic (exact) mass is 293 g/mol. The Labute approximate surface area is 113 Å². The minimum atomic E-state index is -3.98. The lowest BCUT2D eigenvalue weighted by Gasteiger charge is -2.06. The molecular formula is C13H8ClNO3S. The van der Waals surface area contributed by atoms with Crippen molar-refractivity contribution in [2.24, 2.45) is 0 Å². The van der Waals surface area contributed by atoms with Crippen LogP contribution in [0.5, 0.6) is 5.75 Å². The van der Waals surface area contributed by atoms with Crippen molar-refractivity contribution in [2.75, 3.05) is 0 Å². The highest BCUT2D eigenvalue weighted by atomic mass is 35.7. The van der Waals surface area contributed by atoms with Gasteiger partial charge in [0.05, 0.1) is 11.0 Å². The van der Waals surface area contributed by atoms with Gasteiger partial charge in [0, 0.05) is 21.5 Å². The van der Waals surface area contributed by atoms with E-state index < -0.39 is 9.05 Å². The van der Waals surface area contributed by atoms with Gasteiger partial charge in [-0.2, -0.15) is 0 Å². The van der Waals surface area contributed by atoms with Crippen molar-refractivity contribution in [1.29, 1.82) is 0 Å². The number of phenols is 1. The molecule has 3 rings (SSSR count). The number of nitrogens with zero attached hydrogens (tertiary/aromatic N) is 1. The smallest absolute Gasteiger partial charge is 0.265 e. The molecule has 1 aromatic heterocycles. The second-order valence-electron chi connectivity index (χ2n) is 4.10. The van der Waals surface area contributed by atoms with Crippen LogP contribution in [0.2, 0.25) is 0 Å². The molecule has 3 aromatic rings. The fraction of sp³-hybridized carbons (Fsp3) is 0. The number of hydrogen-bond donors (Lipinski definition) is 1. The van der Waals surface area contributed by atoms with Crippen LogP contribution in [-0.2, 0) is 9.05 Å². The third-order valence-corrected chi connectivity index (χ3v) is 4.25. The van der Waals surface area contributed by atoms with Gasteiger partial charge in [-0.25, -0.2) is 13.4 Å². The number of halogens is 1. The Hall–Kier alpha value is -1.85. The van der Waals surface area contributed by atoms with Gasteiger partial charge in [0.15, 0.2) is 0 Å². The van der Waals surface area contributed by atoms with Crippen molar-refractivity contribution in [3.05, 3.63) is 42.5 Å². The first kappa shape index (κ1) is 12.2. The number of benzene rings is 2. The lowest BCUT2D eigenvalue weighted by molar-refractivity contribution is 0.466. The molecule has 0 radical (unpaired) electrons. The molecule has 0 spiro atoms. The molecule has 0 amide bonds. The van der Waals surface area contributed by atoms with E-state index in [2.05, 4.69) is 4.98 Å². The standard InChI is InChI=1S/C13H8ClNO3S/c14-19(17,18)12-6-5-11-9(13(12)16)7-8-3-1-2-4-10(8)15-11/h1-7,16H. The van der Waals surface area contributed by atoms with Crippen molar-refractivity contribution < 1.29 is 13.5 Å². The molecule has 0 fully saturated rings. The molecule has 0 unspecified atom stereocenters. The fourth-order valence-corrected chi connectivity index (χ4v) is 2.96. The maximum Gasteiger partial charge on any atom is 0.265 e. The van der Waals surface area contributed by atoms with E-state index in [1.807, 2.05) is 24.3 Å². The Morgan fingerprint density at radius 2 is 1.79 bits per heavy atom. The van der Waals surface area contributed by atoms with Crippen LogP contribution in [-0.4, -0.2) is 18.5 Å². The van der Waals surface area contributed by atoms with E-state index in [0.29, 0.717) is 10.9 Å². The number of hydrogen-bond acceptors (Lipinski definition) is 4. The van der Waals surface area contributed by atoms with Crippen molar-refractivity contribution >= 4 is 41.5 Å². The summed E-state index contributed by atoms with van der Waals surface area (Å²) >= 11 is 0. The first-order valence-electron chi connectivity index (χ1n) is 5.43. The van der Waals surface area contributed by atoms with Gasteiger partial charge in [0.2, 0.25) is 0 Å². The van der Waals surface area contributed by atoms with Crippen LogP contribution in [0, 0.1) is 0 Å². The van der Waals surface area contributed by atoms with Crippen LogP contribution < -0.4 is 0 Å². The summed E-state index contributed by atoms with van der Waals surface area (Å²) in [7, 11) is 1.29. The van der Waals surface area contributed by atoms with Crippen LogP contribution in [0.15, 0.2) is 47.4 Å². The number of phenolic OH excluding ortho intramolecular Hbond substituents is 1. The molecule has 1 heterocycles. The van der Waals surface area contributed by atoms with E-state index in [9.17, 15) is 13.5 Å². The van der Waals surface area contributed by atoms with Crippen LogP contribution in [0.25, 0.3) is 21.8 Å². The molecule has 0 aliphatic carbocycles. The largest absolute Gasteiger partial charge is 0.506 e. The molecule has 96 valence electrons. The van der Waals surface area contributed by atoms with E-state index in [1.165, 1.54) is 12.1 Å². The Morgan fingerprint density at radius 1 is 1.05 bits per heavy atom. The van der Waals surface area contributed by atoms with Gasteiger partial charge in [-0.15, -0.1) is 0 Å². The summed E-state index contributed by atoms with van der Waals surface area (Å²) in [6.45, 7) is 0. The quantitative estimate of drug-likeness (QED) is 0.553. The van der Waals surface area contributed by atoms with E-state index in [1.54, 1.807) is 6.07 Å². The van der Waals surface area contributed by atoms with Gasteiger partial charge in [-0.1, -0.05) is 18.2 Å². The SMILES string of the molecule is O=S(=O)(Cl)c1ccc2nc3ccccc3cc2c1O. The highest BCUT2D eigenvalue weighted by Gasteiger charge is 2.18. The zero-order valence-corrected chi connectivity index (χ0v) is 11.1. The highest BCUT2D eigenvalue weighted by Crippen LogP contribution is 2.34.